The van der Waals surface area contributed by atoms with E-state index in [-0.39, 0.29) is 11.4 Å². The standard InChI is InChI=1S/C14H22N2O2/c1-14(2,9-16(3)4)15-13(17)11-7-8-18-12(11)10-5-6-10/h7-8,10H,5-6,9H2,1-4H3,(H,15,17). The van der Waals surface area contributed by atoms with Crippen LogP contribution in [0.25, 0.3) is 0 Å². The monoisotopic (exact) mass is 250 g/mol. The van der Waals surface area contributed by atoms with Crippen molar-refractivity contribution in [1.29, 1.82) is 0 Å². The van der Waals surface area contributed by atoms with Crippen molar-refractivity contribution in [1.82, 2.24) is 10.2 Å². The molecule has 0 saturated heterocycles. The van der Waals surface area contributed by atoms with E-state index in [1.54, 1.807) is 12.3 Å². The van der Waals surface area contributed by atoms with E-state index in [2.05, 4.69) is 10.2 Å². The van der Waals surface area contributed by atoms with Crippen molar-refractivity contribution < 1.29 is 9.21 Å². The van der Waals surface area contributed by atoms with Gasteiger partial charge in [0.25, 0.3) is 5.91 Å². The molecular weight excluding hydrogens is 228 g/mol. The van der Waals surface area contributed by atoms with E-state index in [1.807, 2.05) is 27.9 Å². The minimum Gasteiger partial charge on any atom is -0.468 e. The molecule has 1 fully saturated rings. The first kappa shape index (κ1) is 13.1. The number of furan rings is 1. The number of amides is 1. The summed E-state index contributed by atoms with van der Waals surface area (Å²) in [4.78, 5) is 14.3. The predicted molar refractivity (Wildman–Crippen MR) is 70.8 cm³/mol. The number of carbonyl (C=O) groups is 1. The second kappa shape index (κ2) is 4.76. The van der Waals surface area contributed by atoms with Gasteiger partial charge < -0.3 is 14.6 Å². The summed E-state index contributed by atoms with van der Waals surface area (Å²) in [5.74, 6) is 1.28. The first-order valence-electron chi connectivity index (χ1n) is 6.44. The Balaban J connectivity index is 2.05. The number of hydrogen-bond donors (Lipinski definition) is 1. The van der Waals surface area contributed by atoms with Crippen LogP contribution >= 0.6 is 0 Å². The molecule has 1 aromatic rings. The van der Waals surface area contributed by atoms with Crippen LogP contribution in [0.15, 0.2) is 16.7 Å². The summed E-state index contributed by atoms with van der Waals surface area (Å²) >= 11 is 0. The van der Waals surface area contributed by atoms with Crippen molar-refractivity contribution in [3.8, 4) is 0 Å². The van der Waals surface area contributed by atoms with Gasteiger partial charge in [0.2, 0.25) is 0 Å². The normalized spacial score (nSPS) is 16.1. The number of carbonyl (C=O) groups excluding carboxylic acids is 1. The van der Waals surface area contributed by atoms with Crippen molar-refractivity contribution in [2.24, 2.45) is 0 Å². The van der Waals surface area contributed by atoms with Crippen LogP contribution in [0.2, 0.25) is 0 Å². The van der Waals surface area contributed by atoms with Gasteiger partial charge in [-0.2, -0.15) is 0 Å². The lowest BCUT2D eigenvalue weighted by molar-refractivity contribution is 0.0897. The first-order valence-corrected chi connectivity index (χ1v) is 6.44. The highest BCUT2D eigenvalue weighted by molar-refractivity contribution is 5.95. The Morgan fingerprint density at radius 1 is 1.50 bits per heavy atom. The van der Waals surface area contributed by atoms with Gasteiger partial charge in [-0.05, 0) is 46.9 Å². The molecule has 0 unspecified atom stereocenters. The minimum absolute atomic E-state index is 0.0301. The molecule has 0 radical (unpaired) electrons. The van der Waals surface area contributed by atoms with Crippen LogP contribution in [0.5, 0.6) is 0 Å². The molecule has 100 valence electrons. The summed E-state index contributed by atoms with van der Waals surface area (Å²) < 4.78 is 5.43. The van der Waals surface area contributed by atoms with Gasteiger partial charge in [0, 0.05) is 18.0 Å². The SMILES string of the molecule is CN(C)CC(C)(C)NC(=O)c1ccoc1C1CC1. The van der Waals surface area contributed by atoms with E-state index in [0.29, 0.717) is 11.5 Å². The first-order chi connectivity index (χ1) is 8.39. The smallest absolute Gasteiger partial charge is 0.255 e. The molecule has 1 amide bonds. The van der Waals surface area contributed by atoms with Gasteiger partial charge in [-0.15, -0.1) is 0 Å². The maximum absolute atomic E-state index is 12.3. The van der Waals surface area contributed by atoms with Crippen LogP contribution in [-0.4, -0.2) is 37.0 Å². The number of nitrogens with zero attached hydrogens (tertiary/aromatic N) is 1. The fraction of sp³-hybridized carbons (Fsp3) is 0.643. The lowest BCUT2D eigenvalue weighted by atomic mass is 10.0. The van der Waals surface area contributed by atoms with Crippen molar-refractivity contribution in [3.63, 3.8) is 0 Å². The lowest BCUT2D eigenvalue weighted by Crippen LogP contribution is -2.50. The van der Waals surface area contributed by atoms with E-state index in [9.17, 15) is 4.79 Å². The number of rotatable bonds is 5. The fourth-order valence-electron chi connectivity index (χ4n) is 2.37. The van der Waals surface area contributed by atoms with Gasteiger partial charge in [-0.1, -0.05) is 0 Å². The molecule has 2 rings (SSSR count). The average molecular weight is 250 g/mol. The molecule has 1 aliphatic carbocycles. The summed E-state index contributed by atoms with van der Waals surface area (Å²) in [6.45, 7) is 4.86. The molecule has 0 atom stereocenters. The molecule has 0 bridgehead atoms. The summed E-state index contributed by atoms with van der Waals surface area (Å²) in [5, 5.41) is 3.07. The molecule has 1 aliphatic rings. The van der Waals surface area contributed by atoms with Crippen LogP contribution in [-0.2, 0) is 0 Å². The lowest BCUT2D eigenvalue weighted by Gasteiger charge is -2.29. The molecule has 18 heavy (non-hydrogen) atoms. The highest BCUT2D eigenvalue weighted by Crippen LogP contribution is 2.42. The highest BCUT2D eigenvalue weighted by Gasteiger charge is 2.32. The van der Waals surface area contributed by atoms with Gasteiger partial charge in [0.05, 0.1) is 11.8 Å². The van der Waals surface area contributed by atoms with Gasteiger partial charge in [-0.25, -0.2) is 0 Å². The van der Waals surface area contributed by atoms with E-state index in [4.69, 9.17) is 4.42 Å². The molecule has 0 aromatic carbocycles. The average Bonchev–Trinajstić information content (AvgIpc) is 2.93. The van der Waals surface area contributed by atoms with Crippen LogP contribution in [0.1, 0.15) is 48.7 Å². The van der Waals surface area contributed by atoms with Gasteiger partial charge in [-0.3, -0.25) is 4.79 Å². The molecule has 4 nitrogen and oxygen atoms in total. The number of nitrogens with one attached hydrogen (secondary N) is 1. The zero-order valence-corrected chi connectivity index (χ0v) is 11.6. The Morgan fingerprint density at radius 3 is 2.72 bits per heavy atom. The largest absolute Gasteiger partial charge is 0.468 e. The summed E-state index contributed by atoms with van der Waals surface area (Å²) in [6.07, 6.45) is 3.88. The third kappa shape index (κ3) is 3.13. The zero-order valence-electron chi connectivity index (χ0n) is 11.6. The highest BCUT2D eigenvalue weighted by atomic mass is 16.3. The quantitative estimate of drug-likeness (QED) is 0.871. The van der Waals surface area contributed by atoms with E-state index < -0.39 is 0 Å². The maximum atomic E-state index is 12.3. The minimum atomic E-state index is -0.251. The van der Waals surface area contributed by atoms with Crippen molar-refractivity contribution in [3.05, 3.63) is 23.7 Å². The van der Waals surface area contributed by atoms with Crippen molar-refractivity contribution in [2.75, 3.05) is 20.6 Å². The van der Waals surface area contributed by atoms with E-state index in [0.717, 1.165) is 25.1 Å². The molecular formula is C14H22N2O2. The Kier molecular flexibility index (Phi) is 3.48. The van der Waals surface area contributed by atoms with Gasteiger partial charge >= 0.3 is 0 Å². The Morgan fingerprint density at radius 2 is 2.17 bits per heavy atom. The summed E-state index contributed by atoms with van der Waals surface area (Å²) in [6, 6.07) is 1.77. The third-order valence-electron chi connectivity index (χ3n) is 3.05. The Bertz CT molecular complexity index is 431. The van der Waals surface area contributed by atoms with Crippen molar-refractivity contribution >= 4 is 5.91 Å². The zero-order chi connectivity index (χ0) is 13.3. The number of likely N-dealkylation sites (N-methyl/N-ethyl adjacent to an activating group) is 1. The predicted octanol–water partition coefficient (Wildman–Crippen LogP) is 2.23. The molecule has 1 aromatic heterocycles. The molecule has 1 saturated carbocycles. The fourth-order valence-corrected chi connectivity index (χ4v) is 2.37. The van der Waals surface area contributed by atoms with Gasteiger partial charge in [0.15, 0.2) is 0 Å². The summed E-state index contributed by atoms with van der Waals surface area (Å²) in [5.41, 5.74) is 0.447. The molecule has 0 spiro atoms. The van der Waals surface area contributed by atoms with Crippen LogP contribution in [0, 0.1) is 0 Å². The Labute approximate surface area is 108 Å². The second-order valence-corrected chi connectivity index (χ2v) is 6.05. The topological polar surface area (TPSA) is 45.5 Å². The second-order valence-electron chi connectivity index (χ2n) is 6.05. The number of hydrogen-bond acceptors (Lipinski definition) is 3. The Hall–Kier alpha value is -1.29. The van der Waals surface area contributed by atoms with Gasteiger partial charge in [0.1, 0.15) is 5.76 Å². The molecule has 1 heterocycles. The molecule has 1 N–H and O–H groups in total. The van der Waals surface area contributed by atoms with Crippen LogP contribution < -0.4 is 5.32 Å². The van der Waals surface area contributed by atoms with Crippen molar-refractivity contribution in [2.45, 2.75) is 38.1 Å². The van der Waals surface area contributed by atoms with Crippen LogP contribution in [0.4, 0.5) is 0 Å². The maximum Gasteiger partial charge on any atom is 0.255 e. The van der Waals surface area contributed by atoms with Crippen LogP contribution in [0.3, 0.4) is 0 Å². The molecule has 0 aliphatic heterocycles. The van der Waals surface area contributed by atoms with E-state index in [1.165, 1.54) is 0 Å². The van der Waals surface area contributed by atoms with E-state index >= 15 is 0 Å². The summed E-state index contributed by atoms with van der Waals surface area (Å²) in [7, 11) is 4.00. The third-order valence-corrected chi connectivity index (χ3v) is 3.05. The molecule has 4 heteroatoms.